The highest BCUT2D eigenvalue weighted by Crippen LogP contribution is 2.13. The normalized spacial score (nSPS) is 10.2. The maximum Gasteiger partial charge on any atom is 0.307 e. The molecule has 2 rings (SSSR count). The highest BCUT2D eigenvalue weighted by Gasteiger charge is 2.16. The van der Waals surface area contributed by atoms with Gasteiger partial charge in [-0.05, 0) is 23.1 Å². The van der Waals surface area contributed by atoms with Crippen molar-refractivity contribution in [1.29, 1.82) is 0 Å². The van der Waals surface area contributed by atoms with Crippen molar-refractivity contribution in [2.75, 3.05) is 13.7 Å². The Morgan fingerprint density at radius 2 is 2.18 bits per heavy atom. The van der Waals surface area contributed by atoms with Gasteiger partial charge in [0, 0.05) is 30.4 Å². The zero-order valence-electron chi connectivity index (χ0n) is 12.4. The summed E-state index contributed by atoms with van der Waals surface area (Å²) in [4.78, 5) is 30.6. The maximum atomic E-state index is 12.5. The summed E-state index contributed by atoms with van der Waals surface area (Å²) in [6, 6.07) is 7.60. The summed E-state index contributed by atoms with van der Waals surface area (Å²) in [6.07, 6.45) is 3.95. The van der Waals surface area contributed by atoms with Gasteiger partial charge >= 0.3 is 5.97 Å². The molecule has 0 N–H and O–H groups in total. The molecule has 0 fully saturated rings. The first-order valence-corrected chi connectivity index (χ1v) is 7.83. The molecule has 2 aromatic heterocycles. The molecule has 0 saturated heterocycles. The molecule has 0 atom stereocenters. The number of thiophene rings is 1. The Morgan fingerprint density at radius 3 is 2.82 bits per heavy atom. The number of carbonyl (C=O) groups excluding carboxylic acids is 2. The lowest BCUT2D eigenvalue weighted by Gasteiger charge is -2.22. The van der Waals surface area contributed by atoms with E-state index in [2.05, 4.69) is 9.72 Å². The smallest absolute Gasteiger partial charge is 0.307 e. The summed E-state index contributed by atoms with van der Waals surface area (Å²) >= 11 is 1.55. The number of pyridine rings is 1. The molecular weight excluding hydrogens is 300 g/mol. The number of rotatable bonds is 7. The number of nitrogens with zero attached hydrogens (tertiary/aromatic N) is 2. The number of esters is 1. The van der Waals surface area contributed by atoms with Crippen LogP contribution in [0.15, 0.2) is 42.0 Å². The zero-order chi connectivity index (χ0) is 15.8. The molecule has 5 nitrogen and oxygen atoms in total. The monoisotopic (exact) mass is 318 g/mol. The van der Waals surface area contributed by atoms with Gasteiger partial charge in [0.2, 0.25) is 5.91 Å². The lowest BCUT2D eigenvalue weighted by Crippen LogP contribution is -2.33. The van der Waals surface area contributed by atoms with Crippen LogP contribution in [0.25, 0.3) is 0 Å². The molecule has 22 heavy (non-hydrogen) atoms. The lowest BCUT2D eigenvalue weighted by molar-refractivity contribution is -0.141. The summed E-state index contributed by atoms with van der Waals surface area (Å²) in [7, 11) is 1.35. The Bertz CT molecular complexity index is 599. The fourth-order valence-electron chi connectivity index (χ4n) is 2.01. The fraction of sp³-hybridized carbons (Fsp3) is 0.312. The number of aromatic nitrogens is 1. The van der Waals surface area contributed by atoms with E-state index in [4.69, 9.17) is 0 Å². The fourth-order valence-corrected chi connectivity index (χ4v) is 2.70. The van der Waals surface area contributed by atoms with E-state index >= 15 is 0 Å². The Kier molecular flexibility index (Phi) is 6.09. The molecule has 0 unspecified atom stereocenters. The van der Waals surface area contributed by atoms with Gasteiger partial charge in [-0.3, -0.25) is 14.6 Å². The van der Waals surface area contributed by atoms with E-state index in [0.717, 1.165) is 10.4 Å². The summed E-state index contributed by atoms with van der Waals surface area (Å²) in [5.41, 5.74) is 0.937. The summed E-state index contributed by atoms with van der Waals surface area (Å²) in [6.45, 7) is 0.779. The van der Waals surface area contributed by atoms with E-state index in [9.17, 15) is 9.59 Å². The predicted molar refractivity (Wildman–Crippen MR) is 84.3 cm³/mol. The van der Waals surface area contributed by atoms with E-state index in [-0.39, 0.29) is 18.3 Å². The Morgan fingerprint density at radius 1 is 1.32 bits per heavy atom. The van der Waals surface area contributed by atoms with Crippen molar-refractivity contribution < 1.29 is 14.3 Å². The minimum atomic E-state index is -0.319. The molecule has 6 heteroatoms. The van der Waals surface area contributed by atoms with Crippen LogP contribution in [0.1, 0.15) is 16.9 Å². The second-order valence-electron chi connectivity index (χ2n) is 4.76. The van der Waals surface area contributed by atoms with Crippen molar-refractivity contribution in [3.05, 3.63) is 52.5 Å². The van der Waals surface area contributed by atoms with Gasteiger partial charge in [-0.15, -0.1) is 11.3 Å². The van der Waals surface area contributed by atoms with Crippen LogP contribution < -0.4 is 0 Å². The second kappa shape index (κ2) is 8.29. The SMILES string of the molecule is COC(=O)CCN(Cc1cccnc1)C(=O)Cc1cccs1. The van der Waals surface area contributed by atoms with Crippen molar-refractivity contribution in [3.8, 4) is 0 Å². The Labute approximate surface area is 133 Å². The standard InChI is InChI=1S/C16H18N2O3S/c1-21-16(20)6-8-18(12-13-4-2-7-17-11-13)15(19)10-14-5-3-9-22-14/h2-5,7,9,11H,6,8,10,12H2,1H3. The molecule has 0 spiro atoms. The maximum absolute atomic E-state index is 12.5. The number of amides is 1. The first-order valence-electron chi connectivity index (χ1n) is 6.95. The van der Waals surface area contributed by atoms with Crippen molar-refractivity contribution in [3.63, 3.8) is 0 Å². The molecule has 2 aromatic rings. The van der Waals surface area contributed by atoms with E-state index in [1.165, 1.54) is 7.11 Å². The van der Waals surface area contributed by atoms with Gasteiger partial charge in [-0.25, -0.2) is 0 Å². The van der Waals surface area contributed by atoms with Gasteiger partial charge < -0.3 is 9.64 Å². The number of methoxy groups -OCH3 is 1. The molecule has 0 aliphatic rings. The van der Waals surface area contributed by atoms with Crippen LogP contribution in [-0.4, -0.2) is 35.4 Å². The minimum Gasteiger partial charge on any atom is -0.469 e. The van der Waals surface area contributed by atoms with Crippen LogP contribution in [0.4, 0.5) is 0 Å². The van der Waals surface area contributed by atoms with E-state index < -0.39 is 0 Å². The average Bonchev–Trinajstić information content (AvgIpc) is 3.04. The molecule has 0 aromatic carbocycles. The molecule has 0 aliphatic heterocycles. The first kappa shape index (κ1) is 16.2. The van der Waals surface area contributed by atoms with E-state index in [0.29, 0.717) is 19.5 Å². The van der Waals surface area contributed by atoms with Crippen LogP contribution >= 0.6 is 11.3 Å². The average molecular weight is 318 g/mol. The van der Waals surface area contributed by atoms with E-state index in [1.807, 2.05) is 29.6 Å². The molecule has 1 amide bonds. The third-order valence-corrected chi connectivity index (χ3v) is 4.04. The molecule has 2 heterocycles. The van der Waals surface area contributed by atoms with Crippen LogP contribution in [0.3, 0.4) is 0 Å². The first-order chi connectivity index (χ1) is 10.7. The third-order valence-electron chi connectivity index (χ3n) is 3.17. The largest absolute Gasteiger partial charge is 0.469 e. The van der Waals surface area contributed by atoms with Gasteiger partial charge in [0.25, 0.3) is 0 Å². The van der Waals surface area contributed by atoms with Gasteiger partial charge in [0.15, 0.2) is 0 Å². The Balaban J connectivity index is 2.02. The number of hydrogen-bond acceptors (Lipinski definition) is 5. The summed E-state index contributed by atoms with van der Waals surface area (Å²) < 4.78 is 4.65. The van der Waals surface area contributed by atoms with Gasteiger partial charge in [0.05, 0.1) is 20.0 Å². The van der Waals surface area contributed by atoms with Gasteiger partial charge in [-0.1, -0.05) is 12.1 Å². The number of ether oxygens (including phenoxy) is 1. The van der Waals surface area contributed by atoms with Crippen molar-refractivity contribution >= 4 is 23.2 Å². The van der Waals surface area contributed by atoms with Gasteiger partial charge in [-0.2, -0.15) is 0 Å². The minimum absolute atomic E-state index is 0.00444. The zero-order valence-corrected chi connectivity index (χ0v) is 13.2. The van der Waals surface area contributed by atoms with Crippen LogP contribution in [0, 0.1) is 0 Å². The molecule has 0 saturated carbocycles. The van der Waals surface area contributed by atoms with Crippen LogP contribution in [-0.2, 0) is 27.3 Å². The number of carbonyl (C=O) groups is 2. The highest BCUT2D eigenvalue weighted by atomic mass is 32.1. The predicted octanol–water partition coefficient (Wildman–Crippen LogP) is 2.28. The van der Waals surface area contributed by atoms with Crippen molar-refractivity contribution in [2.24, 2.45) is 0 Å². The molecule has 0 radical (unpaired) electrons. The van der Waals surface area contributed by atoms with Crippen molar-refractivity contribution in [2.45, 2.75) is 19.4 Å². The summed E-state index contributed by atoms with van der Waals surface area (Å²) in [5, 5.41) is 1.95. The quantitative estimate of drug-likeness (QED) is 0.735. The number of hydrogen-bond donors (Lipinski definition) is 0. The second-order valence-corrected chi connectivity index (χ2v) is 5.79. The van der Waals surface area contributed by atoms with Crippen LogP contribution in [0.2, 0.25) is 0 Å². The summed E-state index contributed by atoms with van der Waals surface area (Å²) in [5.74, 6) is -0.324. The lowest BCUT2D eigenvalue weighted by atomic mass is 10.2. The Hall–Kier alpha value is -2.21. The molecule has 0 aliphatic carbocycles. The third kappa shape index (κ3) is 4.96. The van der Waals surface area contributed by atoms with Gasteiger partial charge in [0.1, 0.15) is 0 Å². The van der Waals surface area contributed by atoms with Crippen molar-refractivity contribution in [1.82, 2.24) is 9.88 Å². The molecule has 0 bridgehead atoms. The highest BCUT2D eigenvalue weighted by molar-refractivity contribution is 7.10. The topological polar surface area (TPSA) is 59.5 Å². The van der Waals surface area contributed by atoms with E-state index in [1.54, 1.807) is 28.6 Å². The van der Waals surface area contributed by atoms with Crippen LogP contribution in [0.5, 0.6) is 0 Å². The molecule has 116 valence electrons. The molecular formula is C16H18N2O3S.